The second kappa shape index (κ2) is 9.71. The molecule has 0 radical (unpaired) electrons. The first-order chi connectivity index (χ1) is 7.80. The molecular weight excluding hydrogens is 254 g/mol. The summed E-state index contributed by atoms with van der Waals surface area (Å²) in [6.45, 7) is 0.429. The van der Waals surface area contributed by atoms with Gasteiger partial charge in [-0.15, -0.1) is 0 Å². The van der Waals surface area contributed by atoms with Crippen LogP contribution in [0.4, 0.5) is 0 Å². The fraction of sp³-hybridized carbons (Fsp3) is 1.00. The van der Waals surface area contributed by atoms with E-state index in [9.17, 15) is 8.42 Å². The second-order valence-electron chi connectivity index (χ2n) is 3.28. The van der Waals surface area contributed by atoms with Gasteiger partial charge in [0.15, 0.2) is 0 Å². The van der Waals surface area contributed by atoms with Crippen LogP contribution in [0.15, 0.2) is 0 Å². The smallest absolute Gasteiger partial charge is 0.264 e. The van der Waals surface area contributed by atoms with Crippen LogP contribution in [0.5, 0.6) is 0 Å². The van der Waals surface area contributed by atoms with Crippen molar-refractivity contribution in [1.29, 1.82) is 0 Å². The van der Waals surface area contributed by atoms with Crippen molar-refractivity contribution in [3.63, 3.8) is 0 Å². The molecule has 0 aliphatic carbocycles. The summed E-state index contributed by atoms with van der Waals surface area (Å²) in [4.78, 5) is 0. The van der Waals surface area contributed by atoms with Crippen molar-refractivity contribution in [2.24, 2.45) is 0 Å². The van der Waals surface area contributed by atoms with Gasteiger partial charge in [-0.3, -0.25) is 4.55 Å². The molecule has 0 saturated heterocycles. The van der Waals surface area contributed by atoms with Crippen molar-refractivity contribution >= 4 is 10.1 Å². The van der Waals surface area contributed by atoms with E-state index < -0.39 is 15.7 Å². The van der Waals surface area contributed by atoms with Crippen molar-refractivity contribution in [2.75, 3.05) is 38.7 Å². The summed E-state index contributed by atoms with van der Waals surface area (Å²) >= 11 is 0. The number of hydrogen-bond donors (Lipinski definition) is 6. The van der Waals surface area contributed by atoms with Crippen molar-refractivity contribution in [3.05, 3.63) is 0 Å². The van der Waals surface area contributed by atoms with Gasteiger partial charge in [0.2, 0.25) is 0 Å². The Morgan fingerprint density at radius 2 is 1.41 bits per heavy atom. The molecular formula is C8H21NO7S. The van der Waals surface area contributed by atoms with Crippen LogP contribution in [0.3, 0.4) is 0 Å². The Balaban J connectivity index is 0. The molecule has 0 bridgehead atoms. The molecule has 0 spiro atoms. The van der Waals surface area contributed by atoms with Crippen molar-refractivity contribution in [1.82, 2.24) is 5.32 Å². The molecule has 17 heavy (non-hydrogen) atoms. The van der Waals surface area contributed by atoms with Crippen LogP contribution in [0.1, 0.15) is 6.92 Å². The van der Waals surface area contributed by atoms with Gasteiger partial charge >= 0.3 is 0 Å². The largest absolute Gasteiger partial charge is 0.395 e. The number of β-amino-alcohol motifs (C(OH)–C–C–N with tert-alkyl or cyclic N) is 1. The lowest BCUT2D eigenvalue weighted by Crippen LogP contribution is -2.55. The highest BCUT2D eigenvalue weighted by Crippen LogP contribution is 1.99. The molecule has 0 atom stereocenters. The zero-order chi connectivity index (χ0) is 13.9. The molecule has 0 heterocycles. The van der Waals surface area contributed by atoms with Gasteiger partial charge in [0, 0.05) is 6.54 Å². The summed E-state index contributed by atoms with van der Waals surface area (Å²) in [5.74, 6) is -0.201. The lowest BCUT2D eigenvalue weighted by Gasteiger charge is -2.28. The number of nitrogens with one attached hydrogen (secondary N) is 1. The number of rotatable bonds is 7. The van der Waals surface area contributed by atoms with Gasteiger partial charge in [-0.1, -0.05) is 0 Å². The zero-order valence-corrected chi connectivity index (χ0v) is 10.5. The van der Waals surface area contributed by atoms with E-state index in [0.29, 0.717) is 0 Å². The Labute approximate surface area is 101 Å². The van der Waals surface area contributed by atoms with Crippen LogP contribution < -0.4 is 5.32 Å². The van der Waals surface area contributed by atoms with Gasteiger partial charge in [-0.2, -0.15) is 8.42 Å². The number of aliphatic hydroxyl groups is 4. The van der Waals surface area contributed by atoms with Gasteiger partial charge < -0.3 is 25.7 Å². The van der Waals surface area contributed by atoms with Gasteiger partial charge in [0.25, 0.3) is 10.1 Å². The third-order valence-corrected chi connectivity index (χ3v) is 2.61. The minimum Gasteiger partial charge on any atom is -0.395 e. The summed E-state index contributed by atoms with van der Waals surface area (Å²) in [7, 11) is -3.66. The maximum absolute atomic E-state index is 9.56. The highest BCUT2D eigenvalue weighted by atomic mass is 32.2. The van der Waals surface area contributed by atoms with Crippen molar-refractivity contribution in [2.45, 2.75) is 12.5 Å². The van der Waals surface area contributed by atoms with Gasteiger partial charge in [0.1, 0.15) is 0 Å². The Bertz CT molecular complexity index is 255. The summed E-state index contributed by atoms with van der Waals surface area (Å²) in [6.07, 6.45) is 0. The monoisotopic (exact) mass is 275 g/mol. The fourth-order valence-corrected chi connectivity index (χ4v) is 0.639. The number of hydrogen-bond acceptors (Lipinski definition) is 7. The number of aliphatic hydroxyl groups excluding tert-OH is 4. The average molecular weight is 275 g/mol. The Morgan fingerprint density at radius 3 is 1.59 bits per heavy atom. The van der Waals surface area contributed by atoms with Crippen LogP contribution in [0.25, 0.3) is 0 Å². The lowest BCUT2D eigenvalue weighted by molar-refractivity contribution is 0.0398. The molecule has 106 valence electrons. The first-order valence-corrected chi connectivity index (χ1v) is 6.55. The topological polar surface area (TPSA) is 147 Å². The average Bonchev–Trinajstić information content (AvgIpc) is 2.32. The quantitative estimate of drug-likeness (QED) is 0.273. The van der Waals surface area contributed by atoms with Crippen LogP contribution in [0.2, 0.25) is 0 Å². The molecule has 9 heteroatoms. The van der Waals surface area contributed by atoms with Crippen molar-refractivity contribution in [3.8, 4) is 0 Å². The SMILES string of the molecule is CCS(=O)(=O)O.OCCNC(CO)(CO)CO. The molecule has 0 unspecified atom stereocenters. The molecule has 0 aliphatic rings. The van der Waals surface area contributed by atoms with E-state index >= 15 is 0 Å². The van der Waals surface area contributed by atoms with Crippen molar-refractivity contribution < 1.29 is 33.4 Å². The first kappa shape index (κ1) is 19.1. The molecule has 0 rings (SSSR count). The van der Waals surface area contributed by atoms with E-state index in [1.165, 1.54) is 6.92 Å². The van der Waals surface area contributed by atoms with E-state index in [0.717, 1.165) is 0 Å². The molecule has 0 saturated carbocycles. The molecule has 0 aliphatic heterocycles. The molecule has 0 aromatic heterocycles. The predicted molar refractivity (Wildman–Crippen MR) is 61.2 cm³/mol. The van der Waals surface area contributed by atoms with E-state index in [4.69, 9.17) is 25.0 Å². The van der Waals surface area contributed by atoms with Crippen LogP contribution in [0, 0.1) is 0 Å². The van der Waals surface area contributed by atoms with E-state index in [1.54, 1.807) is 0 Å². The molecule has 8 nitrogen and oxygen atoms in total. The first-order valence-electron chi connectivity index (χ1n) is 4.94. The molecule has 0 aromatic carbocycles. The summed E-state index contributed by atoms with van der Waals surface area (Å²) in [5, 5.41) is 37.3. The Kier molecular flexibility index (Phi) is 10.9. The Morgan fingerprint density at radius 1 is 1.06 bits per heavy atom. The molecule has 0 fully saturated rings. The maximum Gasteiger partial charge on any atom is 0.264 e. The third kappa shape index (κ3) is 10.6. The highest BCUT2D eigenvalue weighted by molar-refractivity contribution is 7.85. The zero-order valence-electron chi connectivity index (χ0n) is 9.70. The third-order valence-electron chi connectivity index (χ3n) is 1.88. The van der Waals surface area contributed by atoms with E-state index in [1.807, 2.05) is 0 Å². The maximum atomic E-state index is 9.56. The second-order valence-corrected chi connectivity index (χ2v) is 5.02. The molecule has 6 N–H and O–H groups in total. The van der Waals surface area contributed by atoms with Gasteiger partial charge in [-0.25, -0.2) is 0 Å². The van der Waals surface area contributed by atoms with Gasteiger partial charge in [-0.05, 0) is 6.92 Å². The highest BCUT2D eigenvalue weighted by Gasteiger charge is 2.26. The Hall–Kier alpha value is -0.290. The normalized spacial score (nSPS) is 11.9. The molecule has 0 aromatic rings. The van der Waals surface area contributed by atoms with Crippen LogP contribution in [-0.2, 0) is 10.1 Å². The molecule has 0 amide bonds. The minimum atomic E-state index is -3.66. The fourth-order valence-electron chi connectivity index (χ4n) is 0.639. The van der Waals surface area contributed by atoms with Crippen LogP contribution in [-0.4, -0.2) is 77.7 Å². The summed E-state index contributed by atoms with van der Waals surface area (Å²) < 4.78 is 26.9. The van der Waals surface area contributed by atoms with E-state index in [-0.39, 0.29) is 38.7 Å². The predicted octanol–water partition coefficient (Wildman–Crippen LogP) is -2.82. The standard InChI is InChI=1S/C6H15NO4.C2H6O3S/c8-2-1-7-6(3-9,4-10)5-11;1-2-6(3,4)5/h7-11H,1-5H2;2H2,1H3,(H,3,4,5). The van der Waals surface area contributed by atoms with E-state index in [2.05, 4.69) is 5.32 Å². The summed E-state index contributed by atoms with van der Waals surface area (Å²) in [5.41, 5.74) is -1.07. The lowest BCUT2D eigenvalue weighted by atomic mass is 10.0. The van der Waals surface area contributed by atoms with Gasteiger partial charge in [0.05, 0.1) is 37.7 Å². The summed E-state index contributed by atoms with van der Waals surface area (Å²) in [6, 6.07) is 0. The van der Waals surface area contributed by atoms with Crippen LogP contribution >= 0.6 is 0 Å². The minimum absolute atomic E-state index is 0.0955.